The fourth-order valence-electron chi connectivity index (χ4n) is 3.71. The maximum absolute atomic E-state index is 12.9. The van der Waals surface area contributed by atoms with E-state index in [-0.39, 0.29) is 12.3 Å². The van der Waals surface area contributed by atoms with E-state index in [1.165, 1.54) is 20.3 Å². The summed E-state index contributed by atoms with van der Waals surface area (Å²) in [7, 11) is 2.95. The number of nitrogens with one attached hydrogen (secondary N) is 2. The molecule has 2 N–H and O–H groups in total. The largest absolute Gasteiger partial charge is 0.495 e. The number of anilines is 1. The average molecular weight is 635 g/mol. The third-order valence-corrected chi connectivity index (χ3v) is 6.77. The van der Waals surface area contributed by atoms with Gasteiger partial charge in [0, 0.05) is 15.6 Å². The Hall–Kier alpha value is -3.73. The van der Waals surface area contributed by atoms with Crippen LogP contribution in [0.5, 0.6) is 17.2 Å². The SMILES string of the molecule is COc1ccccc1NC(=O)CN1C(=O)N/C(=C/c2cc(Br)c(OCc3ccc(Cl)cc3Cl)c(OC)c2)C1=O. The number of ether oxygens (including phenoxy) is 3. The second-order valence-corrected chi connectivity index (χ2v) is 9.88. The second kappa shape index (κ2) is 12.4. The Bertz CT molecular complexity index is 1480. The molecule has 0 bridgehead atoms. The first-order valence-electron chi connectivity index (χ1n) is 11.4. The van der Waals surface area contributed by atoms with Gasteiger partial charge in [0.25, 0.3) is 5.91 Å². The quantitative estimate of drug-likeness (QED) is 0.225. The minimum atomic E-state index is -0.716. The molecule has 0 saturated carbocycles. The number of hydrogen-bond acceptors (Lipinski definition) is 6. The van der Waals surface area contributed by atoms with E-state index in [0.717, 1.165) is 10.5 Å². The van der Waals surface area contributed by atoms with Crippen molar-refractivity contribution < 1.29 is 28.6 Å². The van der Waals surface area contributed by atoms with Gasteiger partial charge in [-0.05, 0) is 64.0 Å². The molecule has 1 aliphatic heterocycles. The van der Waals surface area contributed by atoms with Gasteiger partial charge in [0.1, 0.15) is 24.6 Å². The minimum Gasteiger partial charge on any atom is -0.495 e. The zero-order valence-corrected chi connectivity index (χ0v) is 23.8. The van der Waals surface area contributed by atoms with Crippen molar-refractivity contribution in [2.24, 2.45) is 0 Å². The molecule has 0 radical (unpaired) electrons. The number of imide groups is 1. The number of nitrogens with zero attached hydrogens (tertiary/aromatic N) is 1. The summed E-state index contributed by atoms with van der Waals surface area (Å²) in [5.74, 6) is 0.0407. The van der Waals surface area contributed by atoms with E-state index in [2.05, 4.69) is 26.6 Å². The number of halogens is 3. The van der Waals surface area contributed by atoms with E-state index in [4.69, 9.17) is 37.4 Å². The van der Waals surface area contributed by atoms with Crippen molar-refractivity contribution in [1.29, 1.82) is 0 Å². The molecule has 1 aliphatic rings. The van der Waals surface area contributed by atoms with Crippen LogP contribution in [0.2, 0.25) is 10.0 Å². The van der Waals surface area contributed by atoms with Gasteiger partial charge in [-0.25, -0.2) is 9.69 Å². The fourth-order valence-corrected chi connectivity index (χ4v) is 4.75. The molecule has 0 unspecified atom stereocenters. The normalized spacial score (nSPS) is 13.9. The highest BCUT2D eigenvalue weighted by atomic mass is 79.9. The van der Waals surface area contributed by atoms with Crippen LogP contribution in [0.1, 0.15) is 11.1 Å². The van der Waals surface area contributed by atoms with Crippen molar-refractivity contribution in [3.05, 3.63) is 85.9 Å². The van der Waals surface area contributed by atoms with Gasteiger partial charge in [-0.3, -0.25) is 9.59 Å². The van der Waals surface area contributed by atoms with Crippen LogP contribution in [0.25, 0.3) is 6.08 Å². The van der Waals surface area contributed by atoms with E-state index in [1.807, 2.05) is 0 Å². The molecular formula is C27H22BrCl2N3O6. The average Bonchev–Trinajstić information content (AvgIpc) is 3.16. The summed E-state index contributed by atoms with van der Waals surface area (Å²) in [6, 6.07) is 14.5. The van der Waals surface area contributed by atoms with Gasteiger partial charge in [0.05, 0.1) is 24.4 Å². The molecule has 4 amide bonds. The lowest BCUT2D eigenvalue weighted by molar-refractivity contribution is -0.127. The number of hydrogen-bond donors (Lipinski definition) is 2. The number of para-hydroxylation sites is 2. The smallest absolute Gasteiger partial charge is 0.329 e. The molecule has 3 aromatic rings. The van der Waals surface area contributed by atoms with E-state index in [1.54, 1.807) is 54.6 Å². The molecule has 0 aromatic heterocycles. The van der Waals surface area contributed by atoms with Crippen LogP contribution in [-0.4, -0.2) is 43.5 Å². The summed E-state index contributed by atoms with van der Waals surface area (Å²) in [5, 5.41) is 6.13. The van der Waals surface area contributed by atoms with Crippen LogP contribution < -0.4 is 24.8 Å². The molecule has 1 heterocycles. The number of methoxy groups -OCH3 is 2. The molecule has 1 fully saturated rings. The van der Waals surface area contributed by atoms with Gasteiger partial charge in [-0.1, -0.05) is 41.4 Å². The first-order valence-corrected chi connectivity index (χ1v) is 13.0. The van der Waals surface area contributed by atoms with Crippen LogP contribution in [-0.2, 0) is 16.2 Å². The maximum Gasteiger partial charge on any atom is 0.329 e. The molecule has 3 aromatic carbocycles. The Morgan fingerprint density at radius 2 is 1.79 bits per heavy atom. The minimum absolute atomic E-state index is 0.000610. The van der Waals surface area contributed by atoms with Crippen molar-refractivity contribution in [3.63, 3.8) is 0 Å². The van der Waals surface area contributed by atoms with Gasteiger partial charge in [-0.15, -0.1) is 0 Å². The Morgan fingerprint density at radius 3 is 2.51 bits per heavy atom. The lowest BCUT2D eigenvalue weighted by Crippen LogP contribution is -2.38. The third-order valence-electron chi connectivity index (χ3n) is 5.59. The number of carbonyl (C=O) groups excluding carboxylic acids is 3. The first-order chi connectivity index (χ1) is 18.7. The number of carbonyl (C=O) groups is 3. The molecule has 202 valence electrons. The zero-order valence-electron chi connectivity index (χ0n) is 20.7. The van der Waals surface area contributed by atoms with Crippen molar-refractivity contribution >= 4 is 68.7 Å². The van der Waals surface area contributed by atoms with Gasteiger partial charge in [0.15, 0.2) is 11.5 Å². The third kappa shape index (κ3) is 6.65. The van der Waals surface area contributed by atoms with Crippen LogP contribution in [0.4, 0.5) is 10.5 Å². The monoisotopic (exact) mass is 633 g/mol. The van der Waals surface area contributed by atoms with Crippen LogP contribution in [0.15, 0.2) is 64.8 Å². The summed E-state index contributed by atoms with van der Waals surface area (Å²) in [4.78, 5) is 38.8. The summed E-state index contributed by atoms with van der Waals surface area (Å²) in [5.41, 5.74) is 1.70. The standard InChI is InChI=1S/C27H22BrCl2N3O6/c1-37-22-6-4-3-5-20(22)31-24(34)13-33-26(35)21(32-27(33)36)10-15-9-18(28)25(23(11-15)38-2)39-14-16-7-8-17(29)12-19(16)30/h3-12H,13-14H2,1-2H3,(H,31,34)(H,32,36)/b21-10+. The van der Waals surface area contributed by atoms with Crippen LogP contribution in [0, 0.1) is 0 Å². The van der Waals surface area contributed by atoms with Crippen molar-refractivity contribution in [3.8, 4) is 17.2 Å². The Balaban J connectivity index is 1.48. The summed E-state index contributed by atoms with van der Waals surface area (Å²) < 4.78 is 17.2. The maximum atomic E-state index is 12.9. The molecule has 1 saturated heterocycles. The molecule has 0 spiro atoms. The molecule has 9 nitrogen and oxygen atoms in total. The van der Waals surface area contributed by atoms with Crippen LogP contribution in [0.3, 0.4) is 0 Å². The summed E-state index contributed by atoms with van der Waals surface area (Å²) >= 11 is 15.7. The highest BCUT2D eigenvalue weighted by molar-refractivity contribution is 9.10. The summed E-state index contributed by atoms with van der Waals surface area (Å²) in [6.45, 7) is -0.321. The van der Waals surface area contributed by atoms with Gasteiger partial charge in [0.2, 0.25) is 5.91 Å². The molecule has 12 heteroatoms. The number of rotatable bonds is 9. The van der Waals surface area contributed by atoms with Gasteiger partial charge >= 0.3 is 6.03 Å². The Labute approximate surface area is 242 Å². The number of amides is 4. The topological polar surface area (TPSA) is 106 Å². The zero-order chi connectivity index (χ0) is 28.1. The van der Waals surface area contributed by atoms with E-state index in [9.17, 15) is 14.4 Å². The predicted octanol–water partition coefficient (Wildman–Crippen LogP) is 5.88. The summed E-state index contributed by atoms with van der Waals surface area (Å²) in [6.07, 6.45) is 1.48. The lowest BCUT2D eigenvalue weighted by Gasteiger charge is -2.14. The lowest BCUT2D eigenvalue weighted by atomic mass is 10.1. The predicted molar refractivity (Wildman–Crippen MR) is 151 cm³/mol. The van der Waals surface area contributed by atoms with E-state index in [0.29, 0.717) is 43.0 Å². The highest BCUT2D eigenvalue weighted by Crippen LogP contribution is 2.38. The second-order valence-electron chi connectivity index (χ2n) is 8.19. The Kier molecular flexibility index (Phi) is 9.01. The molecule has 0 aliphatic carbocycles. The van der Waals surface area contributed by atoms with Gasteiger partial charge in [-0.2, -0.15) is 0 Å². The molecule has 4 rings (SSSR count). The number of urea groups is 1. The fraction of sp³-hybridized carbons (Fsp3) is 0.148. The highest BCUT2D eigenvalue weighted by Gasteiger charge is 2.35. The van der Waals surface area contributed by atoms with Gasteiger partial charge < -0.3 is 24.8 Å². The molecule has 39 heavy (non-hydrogen) atoms. The van der Waals surface area contributed by atoms with E-state index < -0.39 is 24.4 Å². The molecular weight excluding hydrogens is 613 g/mol. The van der Waals surface area contributed by atoms with Crippen molar-refractivity contribution in [2.45, 2.75) is 6.61 Å². The van der Waals surface area contributed by atoms with Crippen LogP contribution >= 0.6 is 39.1 Å². The Morgan fingerprint density at radius 1 is 1.05 bits per heavy atom. The van der Waals surface area contributed by atoms with Crippen molar-refractivity contribution in [1.82, 2.24) is 10.2 Å². The van der Waals surface area contributed by atoms with E-state index >= 15 is 0 Å². The number of benzene rings is 3. The first kappa shape index (κ1) is 28.3. The molecule has 0 atom stereocenters. The van der Waals surface area contributed by atoms with Crippen molar-refractivity contribution in [2.75, 3.05) is 26.1 Å².